The number of nitrogens with zero attached hydrogens (tertiary/aromatic N) is 1. The molecule has 0 aliphatic heterocycles. The van der Waals surface area contributed by atoms with Crippen LogP contribution in [-0.2, 0) is 9.84 Å². The predicted molar refractivity (Wildman–Crippen MR) is 74.8 cm³/mol. The summed E-state index contributed by atoms with van der Waals surface area (Å²) in [6.07, 6.45) is 1.96. The molecule has 0 spiro atoms. The van der Waals surface area contributed by atoms with Gasteiger partial charge in [-0.25, -0.2) is 8.42 Å². The molecule has 19 heavy (non-hydrogen) atoms. The minimum Gasteiger partial charge on any atom is -0.337 e. The first-order valence-corrected chi connectivity index (χ1v) is 8.08. The highest BCUT2D eigenvalue weighted by molar-refractivity contribution is 7.90. The molecule has 0 saturated carbocycles. The maximum Gasteiger partial charge on any atom is 0.253 e. The second-order valence-electron chi connectivity index (χ2n) is 4.38. The molecule has 1 amide bonds. The largest absolute Gasteiger partial charge is 0.337 e. The number of benzene rings is 1. The summed E-state index contributed by atoms with van der Waals surface area (Å²) in [4.78, 5) is 14.1. The summed E-state index contributed by atoms with van der Waals surface area (Å²) in [5.41, 5.74) is 5.86. The lowest BCUT2D eigenvalue weighted by atomic mass is 10.2. The molecule has 2 N–H and O–H groups in total. The Morgan fingerprint density at radius 1 is 1.32 bits per heavy atom. The van der Waals surface area contributed by atoms with Gasteiger partial charge in [-0.3, -0.25) is 4.79 Å². The smallest absolute Gasteiger partial charge is 0.253 e. The fourth-order valence-corrected chi connectivity index (χ4v) is 2.45. The van der Waals surface area contributed by atoms with Gasteiger partial charge in [0.2, 0.25) is 0 Å². The Morgan fingerprint density at radius 2 is 2.00 bits per heavy atom. The molecule has 0 bridgehead atoms. The monoisotopic (exact) mass is 284 g/mol. The summed E-state index contributed by atoms with van der Waals surface area (Å²) in [5.74, 6) is -0.183. The van der Waals surface area contributed by atoms with Crippen LogP contribution >= 0.6 is 0 Å². The summed E-state index contributed by atoms with van der Waals surface area (Å²) >= 11 is 0. The van der Waals surface area contributed by atoms with E-state index in [9.17, 15) is 13.2 Å². The van der Waals surface area contributed by atoms with Crippen LogP contribution < -0.4 is 5.73 Å². The zero-order valence-electron chi connectivity index (χ0n) is 11.3. The van der Waals surface area contributed by atoms with Crippen LogP contribution in [0.1, 0.15) is 23.7 Å². The van der Waals surface area contributed by atoms with Gasteiger partial charge in [-0.15, -0.1) is 0 Å². The van der Waals surface area contributed by atoms with Gasteiger partial charge in [-0.05, 0) is 24.6 Å². The van der Waals surface area contributed by atoms with Gasteiger partial charge in [0.05, 0.1) is 4.90 Å². The van der Waals surface area contributed by atoms with Crippen molar-refractivity contribution in [2.75, 3.05) is 25.9 Å². The first-order valence-electron chi connectivity index (χ1n) is 6.19. The molecule has 5 nitrogen and oxygen atoms in total. The Hall–Kier alpha value is -1.40. The number of hydrogen-bond acceptors (Lipinski definition) is 4. The molecule has 0 aliphatic rings. The average molecular weight is 284 g/mol. The van der Waals surface area contributed by atoms with E-state index >= 15 is 0 Å². The number of sulfone groups is 1. The molecule has 0 fully saturated rings. The molecule has 0 unspecified atom stereocenters. The van der Waals surface area contributed by atoms with Gasteiger partial charge in [0, 0.05) is 31.5 Å². The highest BCUT2D eigenvalue weighted by Gasteiger charge is 2.16. The minimum atomic E-state index is -3.30. The Labute approximate surface area is 114 Å². The third-order valence-electron chi connectivity index (χ3n) is 2.69. The van der Waals surface area contributed by atoms with Crippen molar-refractivity contribution in [3.8, 4) is 0 Å². The van der Waals surface area contributed by atoms with Crippen molar-refractivity contribution in [3.05, 3.63) is 29.8 Å². The topological polar surface area (TPSA) is 80.5 Å². The molecular weight excluding hydrogens is 264 g/mol. The predicted octanol–water partition coefficient (Wildman–Crippen LogP) is 0.901. The lowest BCUT2D eigenvalue weighted by Crippen LogP contribution is -2.36. The molecular formula is C13H20N2O3S. The SMILES string of the molecule is CCCN(CCN)C(=O)c1cccc(S(C)(=O)=O)c1. The maximum atomic E-state index is 12.3. The first-order chi connectivity index (χ1) is 8.90. The Morgan fingerprint density at radius 3 is 2.53 bits per heavy atom. The van der Waals surface area contributed by atoms with Crippen molar-refractivity contribution in [2.45, 2.75) is 18.2 Å². The minimum absolute atomic E-state index is 0.155. The molecule has 1 aromatic rings. The summed E-state index contributed by atoms with van der Waals surface area (Å²) in [7, 11) is -3.30. The number of carbonyl (C=O) groups excluding carboxylic acids is 1. The Balaban J connectivity index is 3.04. The number of nitrogens with two attached hydrogens (primary N) is 1. The fourth-order valence-electron chi connectivity index (χ4n) is 1.78. The highest BCUT2D eigenvalue weighted by Crippen LogP contribution is 2.13. The molecule has 0 aliphatic carbocycles. The van der Waals surface area contributed by atoms with Crippen molar-refractivity contribution < 1.29 is 13.2 Å². The van der Waals surface area contributed by atoms with Crippen LogP contribution in [0.2, 0.25) is 0 Å². The van der Waals surface area contributed by atoms with E-state index in [-0.39, 0.29) is 10.8 Å². The highest BCUT2D eigenvalue weighted by atomic mass is 32.2. The second kappa shape index (κ2) is 6.68. The lowest BCUT2D eigenvalue weighted by molar-refractivity contribution is 0.0760. The molecule has 0 saturated heterocycles. The molecule has 0 atom stereocenters. The quantitative estimate of drug-likeness (QED) is 0.841. The average Bonchev–Trinajstić information content (AvgIpc) is 2.37. The van der Waals surface area contributed by atoms with Crippen LogP contribution in [0.15, 0.2) is 29.2 Å². The van der Waals surface area contributed by atoms with Gasteiger partial charge in [0.25, 0.3) is 5.91 Å². The van der Waals surface area contributed by atoms with E-state index in [1.807, 2.05) is 6.92 Å². The third kappa shape index (κ3) is 4.33. The van der Waals surface area contributed by atoms with Gasteiger partial charge < -0.3 is 10.6 Å². The van der Waals surface area contributed by atoms with Gasteiger partial charge in [-0.2, -0.15) is 0 Å². The van der Waals surface area contributed by atoms with Crippen LogP contribution in [0.4, 0.5) is 0 Å². The van der Waals surface area contributed by atoms with Crippen LogP contribution in [0.25, 0.3) is 0 Å². The van der Waals surface area contributed by atoms with Gasteiger partial charge in [-0.1, -0.05) is 13.0 Å². The molecule has 0 aromatic heterocycles. The van der Waals surface area contributed by atoms with E-state index in [1.54, 1.807) is 17.0 Å². The molecule has 1 rings (SSSR count). The lowest BCUT2D eigenvalue weighted by Gasteiger charge is -2.21. The first kappa shape index (κ1) is 15.7. The van der Waals surface area contributed by atoms with E-state index < -0.39 is 9.84 Å². The van der Waals surface area contributed by atoms with Crippen LogP contribution in [-0.4, -0.2) is 45.1 Å². The van der Waals surface area contributed by atoms with Crippen molar-refractivity contribution in [2.24, 2.45) is 5.73 Å². The van der Waals surface area contributed by atoms with E-state index in [0.29, 0.717) is 25.2 Å². The van der Waals surface area contributed by atoms with Crippen molar-refractivity contribution in [1.82, 2.24) is 4.90 Å². The Kier molecular flexibility index (Phi) is 5.50. The number of hydrogen-bond donors (Lipinski definition) is 1. The van der Waals surface area contributed by atoms with E-state index in [0.717, 1.165) is 12.7 Å². The van der Waals surface area contributed by atoms with Gasteiger partial charge in [0.1, 0.15) is 0 Å². The molecule has 0 heterocycles. The van der Waals surface area contributed by atoms with E-state index in [4.69, 9.17) is 5.73 Å². The molecule has 0 radical (unpaired) electrons. The second-order valence-corrected chi connectivity index (χ2v) is 6.40. The number of amides is 1. The zero-order chi connectivity index (χ0) is 14.5. The third-order valence-corrected chi connectivity index (χ3v) is 3.80. The Bertz CT molecular complexity index is 535. The normalized spacial score (nSPS) is 11.3. The van der Waals surface area contributed by atoms with Crippen molar-refractivity contribution in [1.29, 1.82) is 0 Å². The van der Waals surface area contributed by atoms with Crippen LogP contribution in [0, 0.1) is 0 Å². The van der Waals surface area contributed by atoms with Gasteiger partial charge in [0.15, 0.2) is 9.84 Å². The molecule has 1 aromatic carbocycles. The zero-order valence-corrected chi connectivity index (χ0v) is 12.1. The number of carbonyl (C=O) groups is 1. The summed E-state index contributed by atoms with van der Waals surface area (Å²) < 4.78 is 23.0. The summed E-state index contributed by atoms with van der Waals surface area (Å²) in [5, 5.41) is 0. The van der Waals surface area contributed by atoms with Crippen LogP contribution in [0.3, 0.4) is 0 Å². The maximum absolute atomic E-state index is 12.3. The van der Waals surface area contributed by atoms with Crippen LogP contribution in [0.5, 0.6) is 0 Å². The number of rotatable bonds is 6. The fraction of sp³-hybridized carbons (Fsp3) is 0.462. The van der Waals surface area contributed by atoms with Crippen molar-refractivity contribution in [3.63, 3.8) is 0 Å². The van der Waals surface area contributed by atoms with Crippen molar-refractivity contribution >= 4 is 15.7 Å². The molecule has 6 heteroatoms. The summed E-state index contributed by atoms with van der Waals surface area (Å²) in [6.45, 7) is 3.44. The van der Waals surface area contributed by atoms with Gasteiger partial charge >= 0.3 is 0 Å². The van der Waals surface area contributed by atoms with E-state index in [2.05, 4.69) is 0 Å². The summed E-state index contributed by atoms with van der Waals surface area (Å²) in [6, 6.07) is 6.10. The molecule has 106 valence electrons. The standard InChI is InChI=1S/C13H20N2O3S/c1-3-8-15(9-7-14)13(16)11-5-4-6-12(10-11)19(2,17)18/h4-6,10H,3,7-9,14H2,1-2H3. The van der Waals surface area contributed by atoms with E-state index in [1.165, 1.54) is 12.1 Å².